The van der Waals surface area contributed by atoms with Crippen molar-refractivity contribution in [2.75, 3.05) is 5.32 Å². The van der Waals surface area contributed by atoms with E-state index in [4.69, 9.17) is 0 Å². The zero-order chi connectivity index (χ0) is 18.2. The Labute approximate surface area is 159 Å². The lowest BCUT2D eigenvalue weighted by Crippen LogP contribution is -2.13. The minimum Gasteiger partial charge on any atom is -0.361 e. The van der Waals surface area contributed by atoms with Gasteiger partial charge in [0, 0.05) is 45.1 Å². The number of fused-ring (bicyclic) bond motifs is 2. The molecule has 3 aromatic heterocycles. The molecule has 6 heteroatoms. The zero-order valence-electron chi connectivity index (χ0n) is 14.3. The number of nitrogens with one attached hydrogen (secondary N) is 3. The molecule has 5 nitrogen and oxygen atoms in total. The van der Waals surface area contributed by atoms with Crippen molar-refractivity contribution in [2.45, 2.75) is 6.42 Å². The number of aromatic amines is 2. The molecule has 27 heavy (non-hydrogen) atoms. The number of carbonyl (C=O) groups is 1. The molecular weight excluding hydrogens is 356 g/mol. The first kappa shape index (κ1) is 15.8. The Hall–Kier alpha value is -3.38. The molecule has 0 unspecified atom stereocenters. The normalized spacial score (nSPS) is 11.3. The van der Waals surface area contributed by atoms with Gasteiger partial charge in [-0.05, 0) is 17.7 Å². The summed E-state index contributed by atoms with van der Waals surface area (Å²) in [4.78, 5) is 23.5. The lowest BCUT2D eigenvalue weighted by molar-refractivity contribution is -0.115. The highest BCUT2D eigenvalue weighted by molar-refractivity contribution is 7.14. The Kier molecular flexibility index (Phi) is 3.76. The summed E-state index contributed by atoms with van der Waals surface area (Å²) >= 11 is 1.44. The van der Waals surface area contributed by atoms with Gasteiger partial charge in [0.1, 0.15) is 0 Å². The number of anilines is 1. The molecule has 3 N–H and O–H groups in total. The predicted molar refractivity (Wildman–Crippen MR) is 110 cm³/mol. The van der Waals surface area contributed by atoms with Gasteiger partial charge in [0.25, 0.3) is 0 Å². The average molecular weight is 372 g/mol. The van der Waals surface area contributed by atoms with E-state index in [1.54, 1.807) is 0 Å². The van der Waals surface area contributed by atoms with Crippen molar-refractivity contribution < 1.29 is 4.79 Å². The molecule has 0 spiro atoms. The van der Waals surface area contributed by atoms with Crippen LogP contribution in [0, 0.1) is 0 Å². The second kappa shape index (κ2) is 6.41. The second-order valence-corrected chi connectivity index (χ2v) is 7.23. The van der Waals surface area contributed by atoms with Crippen LogP contribution in [-0.4, -0.2) is 20.9 Å². The van der Waals surface area contributed by atoms with Gasteiger partial charge in [-0.25, -0.2) is 4.98 Å². The van der Waals surface area contributed by atoms with Crippen molar-refractivity contribution in [3.05, 3.63) is 71.9 Å². The number of hydrogen-bond acceptors (Lipinski definition) is 3. The van der Waals surface area contributed by atoms with Crippen molar-refractivity contribution in [1.82, 2.24) is 15.0 Å². The summed E-state index contributed by atoms with van der Waals surface area (Å²) in [5, 5.41) is 7.70. The van der Waals surface area contributed by atoms with Crippen molar-refractivity contribution in [1.29, 1.82) is 0 Å². The number of para-hydroxylation sites is 2. The highest BCUT2D eigenvalue weighted by Crippen LogP contribution is 2.31. The van der Waals surface area contributed by atoms with Gasteiger partial charge in [-0.2, -0.15) is 0 Å². The number of hydrogen-bond donors (Lipinski definition) is 3. The van der Waals surface area contributed by atoms with E-state index in [1.165, 1.54) is 11.3 Å². The smallest absolute Gasteiger partial charge is 0.230 e. The Morgan fingerprint density at radius 2 is 1.67 bits per heavy atom. The third-order valence-corrected chi connectivity index (χ3v) is 5.40. The number of H-pyrrole nitrogens is 2. The quantitative estimate of drug-likeness (QED) is 0.417. The monoisotopic (exact) mass is 372 g/mol. The van der Waals surface area contributed by atoms with Crippen molar-refractivity contribution in [2.24, 2.45) is 0 Å². The predicted octanol–water partition coefficient (Wildman–Crippen LogP) is 4.95. The molecule has 0 bridgehead atoms. The van der Waals surface area contributed by atoms with E-state index in [9.17, 15) is 4.79 Å². The topological polar surface area (TPSA) is 73.6 Å². The van der Waals surface area contributed by atoms with Crippen LogP contribution in [0.1, 0.15) is 5.56 Å². The number of thiazole rings is 1. The van der Waals surface area contributed by atoms with Crippen LogP contribution in [0.4, 0.5) is 5.13 Å². The molecule has 3 heterocycles. The van der Waals surface area contributed by atoms with Crippen LogP contribution in [0.15, 0.2) is 66.3 Å². The van der Waals surface area contributed by atoms with Gasteiger partial charge in [0.05, 0.1) is 12.1 Å². The maximum Gasteiger partial charge on any atom is 0.230 e. The lowest BCUT2D eigenvalue weighted by atomic mass is 10.1. The largest absolute Gasteiger partial charge is 0.361 e. The molecule has 0 radical (unpaired) electrons. The maximum absolute atomic E-state index is 12.5. The molecule has 1 amide bonds. The van der Waals surface area contributed by atoms with E-state index in [2.05, 4.69) is 26.3 Å². The highest BCUT2D eigenvalue weighted by atomic mass is 32.1. The molecule has 5 rings (SSSR count). The highest BCUT2D eigenvalue weighted by Gasteiger charge is 2.13. The summed E-state index contributed by atoms with van der Waals surface area (Å²) in [6.07, 6.45) is 4.16. The van der Waals surface area contributed by atoms with Crippen LogP contribution < -0.4 is 5.32 Å². The molecular formula is C21H16N4OS. The van der Waals surface area contributed by atoms with E-state index in [0.717, 1.165) is 38.6 Å². The molecule has 0 saturated carbocycles. The molecule has 0 atom stereocenters. The van der Waals surface area contributed by atoms with Crippen LogP contribution in [0.2, 0.25) is 0 Å². The van der Waals surface area contributed by atoms with Gasteiger partial charge in [-0.3, -0.25) is 4.79 Å². The van der Waals surface area contributed by atoms with Crippen LogP contribution in [-0.2, 0) is 11.2 Å². The van der Waals surface area contributed by atoms with E-state index in [0.29, 0.717) is 11.6 Å². The van der Waals surface area contributed by atoms with E-state index in [1.807, 2.05) is 60.2 Å². The Morgan fingerprint density at radius 3 is 2.52 bits per heavy atom. The molecule has 0 saturated heterocycles. The number of amides is 1. The van der Waals surface area contributed by atoms with Gasteiger partial charge >= 0.3 is 0 Å². The van der Waals surface area contributed by atoms with Crippen molar-refractivity contribution in [3.8, 4) is 11.3 Å². The molecule has 2 aromatic carbocycles. The molecule has 5 aromatic rings. The van der Waals surface area contributed by atoms with Gasteiger partial charge in [-0.1, -0.05) is 36.4 Å². The average Bonchev–Trinajstić information content (AvgIpc) is 3.40. The van der Waals surface area contributed by atoms with Crippen molar-refractivity contribution in [3.63, 3.8) is 0 Å². The van der Waals surface area contributed by atoms with Crippen LogP contribution in [0.3, 0.4) is 0 Å². The zero-order valence-corrected chi connectivity index (χ0v) is 15.1. The first-order valence-electron chi connectivity index (χ1n) is 8.65. The van der Waals surface area contributed by atoms with Crippen LogP contribution >= 0.6 is 11.3 Å². The number of nitrogens with zero attached hydrogens (tertiary/aromatic N) is 1. The van der Waals surface area contributed by atoms with E-state index >= 15 is 0 Å². The summed E-state index contributed by atoms with van der Waals surface area (Å²) in [5.74, 6) is -0.0698. The first-order chi connectivity index (χ1) is 13.3. The van der Waals surface area contributed by atoms with Crippen LogP contribution in [0.25, 0.3) is 33.1 Å². The summed E-state index contributed by atoms with van der Waals surface area (Å²) in [6.45, 7) is 0. The first-order valence-corrected chi connectivity index (χ1v) is 9.53. The summed E-state index contributed by atoms with van der Waals surface area (Å²) in [7, 11) is 0. The number of rotatable bonds is 4. The molecule has 0 aliphatic carbocycles. The fourth-order valence-electron chi connectivity index (χ4n) is 3.35. The number of carbonyl (C=O) groups excluding carboxylic acids is 1. The second-order valence-electron chi connectivity index (χ2n) is 6.37. The lowest BCUT2D eigenvalue weighted by Gasteiger charge is -2.01. The molecule has 0 fully saturated rings. The van der Waals surface area contributed by atoms with Crippen molar-refractivity contribution >= 4 is 44.2 Å². The molecule has 0 aliphatic rings. The maximum atomic E-state index is 12.5. The fourth-order valence-corrected chi connectivity index (χ4v) is 4.08. The SMILES string of the molecule is O=C(Cc1c[nH]c2ccccc12)Nc1nc(-c2c[nH]c3ccccc23)cs1. The third-order valence-electron chi connectivity index (χ3n) is 4.64. The molecule has 132 valence electrons. The minimum atomic E-state index is -0.0698. The van der Waals surface area contributed by atoms with Gasteiger partial charge in [0.2, 0.25) is 5.91 Å². The van der Waals surface area contributed by atoms with Gasteiger partial charge in [-0.15, -0.1) is 11.3 Å². The summed E-state index contributed by atoms with van der Waals surface area (Å²) in [6, 6.07) is 16.1. The number of benzene rings is 2. The minimum absolute atomic E-state index is 0.0698. The van der Waals surface area contributed by atoms with Gasteiger partial charge < -0.3 is 15.3 Å². The Bertz CT molecular complexity index is 1260. The van der Waals surface area contributed by atoms with Crippen LogP contribution in [0.5, 0.6) is 0 Å². The van der Waals surface area contributed by atoms with E-state index < -0.39 is 0 Å². The summed E-state index contributed by atoms with van der Waals surface area (Å²) < 4.78 is 0. The Balaban J connectivity index is 1.35. The third kappa shape index (κ3) is 2.90. The van der Waals surface area contributed by atoms with E-state index in [-0.39, 0.29) is 5.91 Å². The fraction of sp³-hybridized carbons (Fsp3) is 0.0476. The Morgan fingerprint density at radius 1 is 0.963 bits per heavy atom. The van der Waals surface area contributed by atoms with Gasteiger partial charge in [0.15, 0.2) is 5.13 Å². The molecule has 0 aliphatic heterocycles. The summed E-state index contributed by atoms with van der Waals surface area (Å²) in [5.41, 5.74) is 5.00. The number of aromatic nitrogens is 3. The standard InChI is InChI=1S/C21H16N4OS/c26-20(9-13-10-22-17-7-3-1-5-14(13)17)25-21-24-19(12-27-21)16-11-23-18-8-4-2-6-15(16)18/h1-8,10-12,22-23H,9H2,(H,24,25,26).